The minimum Gasteiger partial charge on any atom is -0.338 e. The molecule has 3 rings (SSSR count). The Morgan fingerprint density at radius 2 is 2.23 bits per heavy atom. The minimum atomic E-state index is -0.146. The summed E-state index contributed by atoms with van der Waals surface area (Å²) in [7, 11) is 0. The Balaban J connectivity index is 2.00. The quantitative estimate of drug-likeness (QED) is 0.337. The fourth-order valence-corrected chi connectivity index (χ4v) is 3.64. The molecule has 1 unspecified atom stereocenters. The number of halogens is 1. The van der Waals surface area contributed by atoms with Crippen LogP contribution in [0.15, 0.2) is 45.3 Å². The van der Waals surface area contributed by atoms with Crippen LogP contribution in [0.5, 0.6) is 0 Å². The monoisotopic (exact) mass is 390 g/mol. The van der Waals surface area contributed by atoms with Crippen LogP contribution in [0.2, 0.25) is 5.02 Å². The maximum Gasteiger partial charge on any atom is 0.262 e. The molecule has 0 aliphatic rings. The van der Waals surface area contributed by atoms with Crippen molar-refractivity contribution in [1.29, 1.82) is 0 Å². The van der Waals surface area contributed by atoms with Crippen LogP contribution in [-0.2, 0) is 13.0 Å². The lowest BCUT2D eigenvalue weighted by Crippen LogP contribution is -2.23. The van der Waals surface area contributed by atoms with Gasteiger partial charge in [-0.05, 0) is 31.5 Å². The van der Waals surface area contributed by atoms with Crippen molar-refractivity contribution in [2.24, 2.45) is 0 Å². The van der Waals surface area contributed by atoms with E-state index in [0.717, 1.165) is 12.8 Å². The van der Waals surface area contributed by atoms with Gasteiger partial charge in [-0.1, -0.05) is 41.5 Å². The molecular formula is C18H19ClN4O2S. The Morgan fingerprint density at radius 3 is 2.96 bits per heavy atom. The fourth-order valence-electron chi connectivity index (χ4n) is 2.52. The van der Waals surface area contributed by atoms with Crippen LogP contribution < -0.4 is 5.56 Å². The van der Waals surface area contributed by atoms with E-state index in [1.165, 1.54) is 11.8 Å². The van der Waals surface area contributed by atoms with Crippen molar-refractivity contribution in [1.82, 2.24) is 19.7 Å². The number of fused-ring (bicyclic) bond motifs is 1. The van der Waals surface area contributed by atoms with Crippen LogP contribution >= 0.6 is 23.4 Å². The molecule has 0 amide bonds. The molecule has 0 aliphatic carbocycles. The number of hydrogen-bond acceptors (Lipinski definition) is 6. The molecule has 2 heterocycles. The predicted octanol–water partition coefficient (Wildman–Crippen LogP) is 4.42. The molecule has 0 saturated carbocycles. The largest absolute Gasteiger partial charge is 0.338 e. The normalized spacial score (nSPS) is 12.4. The number of thioether (sulfide) groups is 1. The number of aryl methyl sites for hydroxylation is 1. The van der Waals surface area contributed by atoms with Gasteiger partial charge in [-0.2, -0.15) is 4.98 Å². The molecule has 1 aromatic carbocycles. The Bertz CT molecular complexity index is 999. The minimum absolute atomic E-state index is 0.126. The number of hydrogen-bond donors (Lipinski definition) is 0. The summed E-state index contributed by atoms with van der Waals surface area (Å²) in [5, 5.41) is 5.46. The lowest BCUT2D eigenvalue weighted by atomic mass is 10.2. The van der Waals surface area contributed by atoms with Crippen molar-refractivity contribution < 1.29 is 4.52 Å². The maximum atomic E-state index is 12.8. The van der Waals surface area contributed by atoms with E-state index in [1.54, 1.807) is 28.8 Å². The van der Waals surface area contributed by atoms with Gasteiger partial charge in [-0.25, -0.2) is 4.98 Å². The highest BCUT2D eigenvalue weighted by molar-refractivity contribution is 7.99. The molecule has 0 N–H and O–H groups in total. The molecule has 136 valence electrons. The van der Waals surface area contributed by atoms with Crippen molar-refractivity contribution in [3.05, 3.63) is 57.9 Å². The van der Waals surface area contributed by atoms with Gasteiger partial charge in [-0.3, -0.25) is 9.36 Å². The molecular weight excluding hydrogens is 372 g/mol. The van der Waals surface area contributed by atoms with Crippen molar-refractivity contribution >= 4 is 34.3 Å². The topological polar surface area (TPSA) is 73.8 Å². The van der Waals surface area contributed by atoms with Gasteiger partial charge in [0.1, 0.15) is 0 Å². The fraction of sp³-hybridized carbons (Fsp3) is 0.333. The van der Waals surface area contributed by atoms with Crippen LogP contribution in [0.1, 0.15) is 37.2 Å². The molecule has 26 heavy (non-hydrogen) atoms. The van der Waals surface area contributed by atoms with Crippen LogP contribution in [0.3, 0.4) is 0 Å². The lowest BCUT2D eigenvalue weighted by Gasteiger charge is -2.13. The summed E-state index contributed by atoms with van der Waals surface area (Å²) in [4.78, 5) is 21.9. The van der Waals surface area contributed by atoms with E-state index in [1.807, 2.05) is 6.92 Å². The molecule has 0 fully saturated rings. The first-order valence-corrected chi connectivity index (χ1v) is 9.59. The zero-order valence-corrected chi connectivity index (χ0v) is 16.2. The molecule has 0 bridgehead atoms. The molecule has 3 aromatic rings. The summed E-state index contributed by atoms with van der Waals surface area (Å²) in [6.07, 6.45) is 3.40. The molecule has 0 aliphatic heterocycles. The van der Waals surface area contributed by atoms with Crippen LogP contribution in [0, 0.1) is 0 Å². The maximum absolute atomic E-state index is 12.8. The summed E-state index contributed by atoms with van der Waals surface area (Å²) >= 11 is 7.45. The first-order chi connectivity index (χ1) is 12.5. The molecule has 8 heteroatoms. The van der Waals surface area contributed by atoms with Gasteiger partial charge < -0.3 is 4.52 Å². The zero-order valence-electron chi connectivity index (χ0n) is 14.6. The molecule has 1 atom stereocenters. The zero-order chi connectivity index (χ0) is 18.7. The average Bonchev–Trinajstić information content (AvgIpc) is 3.07. The van der Waals surface area contributed by atoms with E-state index in [9.17, 15) is 4.79 Å². The Morgan fingerprint density at radius 1 is 1.42 bits per heavy atom. The average molecular weight is 391 g/mol. The van der Waals surface area contributed by atoms with E-state index < -0.39 is 0 Å². The highest BCUT2D eigenvalue weighted by atomic mass is 35.5. The van der Waals surface area contributed by atoms with E-state index >= 15 is 0 Å². The van der Waals surface area contributed by atoms with Gasteiger partial charge in [-0.15, -0.1) is 6.58 Å². The lowest BCUT2D eigenvalue weighted by molar-refractivity contribution is 0.374. The summed E-state index contributed by atoms with van der Waals surface area (Å²) in [6.45, 7) is 8.11. The van der Waals surface area contributed by atoms with Crippen molar-refractivity contribution in [3.8, 4) is 0 Å². The molecule has 6 nitrogen and oxygen atoms in total. The van der Waals surface area contributed by atoms with Gasteiger partial charge in [0.2, 0.25) is 5.89 Å². The Kier molecular flexibility index (Phi) is 5.78. The SMILES string of the molecule is C=CCn1c(SC(C)c2nc(CCC)no2)nc2cc(Cl)ccc2c1=O. The molecule has 2 aromatic heterocycles. The third kappa shape index (κ3) is 3.83. The number of nitrogens with zero attached hydrogens (tertiary/aromatic N) is 4. The predicted molar refractivity (Wildman–Crippen MR) is 104 cm³/mol. The second kappa shape index (κ2) is 8.05. The third-order valence-corrected chi connectivity index (χ3v) is 5.09. The third-order valence-electron chi connectivity index (χ3n) is 3.78. The van der Waals surface area contributed by atoms with Crippen molar-refractivity contribution in [2.75, 3.05) is 0 Å². The first kappa shape index (κ1) is 18.7. The smallest absolute Gasteiger partial charge is 0.262 e. The van der Waals surface area contributed by atoms with Gasteiger partial charge in [0, 0.05) is 18.0 Å². The summed E-state index contributed by atoms with van der Waals surface area (Å²) in [6, 6.07) is 5.07. The number of aromatic nitrogens is 4. The van der Waals surface area contributed by atoms with Gasteiger partial charge in [0.05, 0.1) is 16.2 Å². The summed E-state index contributed by atoms with van der Waals surface area (Å²) in [5.41, 5.74) is 0.438. The van der Waals surface area contributed by atoms with Gasteiger partial charge in [0.25, 0.3) is 5.56 Å². The molecule has 0 radical (unpaired) electrons. The molecule has 0 saturated heterocycles. The summed E-state index contributed by atoms with van der Waals surface area (Å²) in [5.74, 6) is 1.21. The number of allylic oxidation sites excluding steroid dienone is 1. The summed E-state index contributed by atoms with van der Waals surface area (Å²) < 4.78 is 6.94. The van der Waals surface area contributed by atoms with Crippen LogP contribution in [0.4, 0.5) is 0 Å². The van der Waals surface area contributed by atoms with Crippen LogP contribution in [0.25, 0.3) is 10.9 Å². The second-order valence-corrected chi connectivity index (χ2v) is 7.56. The highest BCUT2D eigenvalue weighted by Gasteiger charge is 2.19. The van der Waals surface area contributed by atoms with Gasteiger partial charge >= 0.3 is 0 Å². The van der Waals surface area contributed by atoms with E-state index in [0.29, 0.717) is 39.3 Å². The first-order valence-electron chi connectivity index (χ1n) is 8.33. The Hall–Kier alpha value is -2.12. The Labute approximate surface area is 160 Å². The van der Waals surface area contributed by atoms with Crippen molar-refractivity contribution in [2.45, 2.75) is 43.6 Å². The second-order valence-electron chi connectivity index (χ2n) is 5.82. The number of rotatable bonds is 7. The van der Waals surface area contributed by atoms with E-state index in [2.05, 4.69) is 28.6 Å². The van der Waals surface area contributed by atoms with E-state index in [-0.39, 0.29) is 10.8 Å². The number of benzene rings is 1. The van der Waals surface area contributed by atoms with E-state index in [4.69, 9.17) is 16.1 Å². The van der Waals surface area contributed by atoms with Crippen molar-refractivity contribution in [3.63, 3.8) is 0 Å². The van der Waals surface area contributed by atoms with Crippen LogP contribution in [-0.4, -0.2) is 19.7 Å². The molecule has 0 spiro atoms. The van der Waals surface area contributed by atoms with Gasteiger partial charge in [0.15, 0.2) is 11.0 Å². The highest BCUT2D eigenvalue weighted by Crippen LogP contribution is 2.33. The standard InChI is InChI=1S/C18H19ClN4O2S/c1-4-6-15-21-16(25-22-15)11(3)26-18-20-14-10-12(19)7-8-13(14)17(24)23(18)9-5-2/h5,7-8,10-11H,2,4,6,9H2,1,3H3.